The summed E-state index contributed by atoms with van der Waals surface area (Å²) in [4.78, 5) is 6.12. The summed E-state index contributed by atoms with van der Waals surface area (Å²) in [6, 6.07) is 10.4. The number of thioether (sulfide) groups is 1. The Bertz CT molecular complexity index is 480. The minimum absolute atomic E-state index is 0.909. The van der Waals surface area contributed by atoms with Gasteiger partial charge in [-0.3, -0.25) is 0 Å². The van der Waals surface area contributed by atoms with Gasteiger partial charge in [-0.25, -0.2) is 4.98 Å². The molecule has 0 aliphatic carbocycles. The molecule has 18 heavy (non-hydrogen) atoms. The molecule has 0 radical (unpaired) electrons. The molecule has 2 rings (SSSR count). The number of hydrogen-bond acceptors (Lipinski definition) is 4. The Morgan fingerprint density at radius 2 is 2.06 bits per heavy atom. The minimum Gasteiger partial charge on any atom is -0.312 e. The molecule has 0 bridgehead atoms. The fourth-order valence-corrected chi connectivity index (χ4v) is 3.52. The Kier molecular flexibility index (Phi) is 5.23. The molecule has 1 aromatic carbocycles. The molecule has 0 aliphatic heterocycles. The maximum Gasteiger partial charge on any atom is 0.103 e. The van der Waals surface area contributed by atoms with Gasteiger partial charge in [0.1, 0.15) is 5.01 Å². The Hall–Kier alpha value is -0.840. The quantitative estimate of drug-likeness (QED) is 0.870. The molecule has 0 saturated carbocycles. The molecule has 0 spiro atoms. The highest BCUT2D eigenvalue weighted by Crippen LogP contribution is 2.29. The molecule has 0 atom stereocenters. The van der Waals surface area contributed by atoms with E-state index in [0.717, 1.165) is 24.5 Å². The number of benzene rings is 1. The molecule has 0 amide bonds. The molecule has 4 heteroatoms. The molecule has 1 aromatic heterocycles. The van der Waals surface area contributed by atoms with Crippen LogP contribution in [0.25, 0.3) is 11.3 Å². The van der Waals surface area contributed by atoms with Crippen LogP contribution in [0.15, 0.2) is 30.3 Å². The normalized spacial score (nSPS) is 10.8. The van der Waals surface area contributed by atoms with Crippen molar-refractivity contribution in [2.24, 2.45) is 0 Å². The summed E-state index contributed by atoms with van der Waals surface area (Å²) < 4.78 is 0. The predicted molar refractivity (Wildman–Crippen MR) is 82.1 cm³/mol. The number of hydrogen-bond donors (Lipinski definition) is 1. The summed E-state index contributed by atoms with van der Waals surface area (Å²) in [5.74, 6) is 0.997. The highest BCUT2D eigenvalue weighted by atomic mass is 32.2. The van der Waals surface area contributed by atoms with Crippen LogP contribution in [0.5, 0.6) is 0 Å². The van der Waals surface area contributed by atoms with Crippen LogP contribution >= 0.6 is 23.1 Å². The number of rotatable bonds is 6. The second-order valence-electron chi connectivity index (χ2n) is 3.96. The molecule has 96 valence electrons. The zero-order valence-corrected chi connectivity index (χ0v) is 12.4. The Morgan fingerprint density at radius 3 is 2.72 bits per heavy atom. The van der Waals surface area contributed by atoms with Crippen LogP contribution in [-0.4, -0.2) is 17.8 Å². The van der Waals surface area contributed by atoms with E-state index in [9.17, 15) is 0 Å². The van der Waals surface area contributed by atoms with E-state index in [1.165, 1.54) is 15.4 Å². The highest BCUT2D eigenvalue weighted by molar-refractivity contribution is 7.97. The molecule has 1 N–H and O–H groups in total. The topological polar surface area (TPSA) is 24.9 Å². The van der Waals surface area contributed by atoms with Gasteiger partial charge in [-0.15, -0.1) is 11.3 Å². The lowest BCUT2D eigenvalue weighted by Gasteiger charge is -2.02. The van der Waals surface area contributed by atoms with Gasteiger partial charge in [0.2, 0.25) is 0 Å². The van der Waals surface area contributed by atoms with Crippen LogP contribution < -0.4 is 5.32 Å². The molecule has 2 nitrogen and oxygen atoms in total. The summed E-state index contributed by atoms with van der Waals surface area (Å²) in [7, 11) is 0. The first-order valence-corrected chi connectivity index (χ1v) is 8.29. The SMILES string of the molecule is CCNCc1sc(CSC)nc1-c1ccccc1. The number of nitrogens with zero attached hydrogens (tertiary/aromatic N) is 1. The van der Waals surface area contributed by atoms with Crippen LogP contribution in [0.4, 0.5) is 0 Å². The second kappa shape index (κ2) is 6.92. The van der Waals surface area contributed by atoms with E-state index >= 15 is 0 Å². The van der Waals surface area contributed by atoms with Crippen LogP contribution in [0.3, 0.4) is 0 Å². The van der Waals surface area contributed by atoms with Crippen molar-refractivity contribution in [3.8, 4) is 11.3 Å². The Labute approximate surface area is 117 Å². The van der Waals surface area contributed by atoms with Crippen molar-refractivity contribution in [2.75, 3.05) is 12.8 Å². The Morgan fingerprint density at radius 1 is 1.28 bits per heavy atom. The molecule has 1 heterocycles. The number of nitrogens with one attached hydrogen (secondary N) is 1. The molecule has 0 aliphatic rings. The van der Waals surface area contributed by atoms with Gasteiger partial charge in [0, 0.05) is 22.7 Å². The van der Waals surface area contributed by atoms with Gasteiger partial charge >= 0.3 is 0 Å². The lowest BCUT2D eigenvalue weighted by Crippen LogP contribution is -2.11. The lowest BCUT2D eigenvalue weighted by molar-refractivity contribution is 0.735. The average Bonchev–Trinajstić information content (AvgIpc) is 2.81. The average molecular weight is 278 g/mol. The largest absolute Gasteiger partial charge is 0.312 e. The van der Waals surface area contributed by atoms with Gasteiger partial charge in [-0.05, 0) is 12.8 Å². The zero-order valence-electron chi connectivity index (χ0n) is 10.8. The summed E-state index contributed by atoms with van der Waals surface area (Å²) in [6.45, 7) is 4.03. The van der Waals surface area contributed by atoms with Gasteiger partial charge in [0.05, 0.1) is 5.69 Å². The van der Waals surface area contributed by atoms with Gasteiger partial charge in [-0.2, -0.15) is 11.8 Å². The van der Waals surface area contributed by atoms with Crippen molar-refractivity contribution in [1.29, 1.82) is 0 Å². The van der Waals surface area contributed by atoms with Gasteiger partial charge in [-0.1, -0.05) is 37.3 Å². The van der Waals surface area contributed by atoms with Crippen LogP contribution in [0, 0.1) is 0 Å². The first-order valence-electron chi connectivity index (χ1n) is 6.08. The molecular formula is C14H18N2S2. The summed E-state index contributed by atoms with van der Waals surface area (Å²) in [5, 5.41) is 4.61. The van der Waals surface area contributed by atoms with Crippen molar-refractivity contribution in [3.05, 3.63) is 40.2 Å². The lowest BCUT2D eigenvalue weighted by atomic mass is 10.1. The first kappa shape index (κ1) is 13.6. The maximum atomic E-state index is 4.78. The van der Waals surface area contributed by atoms with Gasteiger partial charge < -0.3 is 5.32 Å². The highest BCUT2D eigenvalue weighted by Gasteiger charge is 2.12. The summed E-state index contributed by atoms with van der Waals surface area (Å²) in [6.07, 6.45) is 2.12. The summed E-state index contributed by atoms with van der Waals surface area (Å²) in [5.41, 5.74) is 2.36. The van der Waals surface area contributed by atoms with Crippen LogP contribution in [0.2, 0.25) is 0 Å². The standard InChI is InChI=1S/C14H18N2S2/c1-3-15-9-12-14(11-7-5-4-6-8-11)16-13(18-12)10-17-2/h4-8,15H,3,9-10H2,1-2H3. The summed E-state index contributed by atoms with van der Waals surface area (Å²) >= 11 is 3.65. The molecule has 0 saturated heterocycles. The van der Waals surface area contributed by atoms with E-state index in [4.69, 9.17) is 4.98 Å². The fraction of sp³-hybridized carbons (Fsp3) is 0.357. The molecule has 0 fully saturated rings. The number of aromatic nitrogens is 1. The third-order valence-electron chi connectivity index (χ3n) is 2.59. The van der Waals surface area contributed by atoms with Crippen molar-refractivity contribution in [3.63, 3.8) is 0 Å². The zero-order chi connectivity index (χ0) is 12.8. The smallest absolute Gasteiger partial charge is 0.103 e. The van der Waals surface area contributed by atoms with Crippen molar-refractivity contribution >= 4 is 23.1 Å². The van der Waals surface area contributed by atoms with E-state index in [1.807, 2.05) is 29.2 Å². The Balaban J connectivity index is 2.31. The monoisotopic (exact) mass is 278 g/mol. The molecule has 0 unspecified atom stereocenters. The van der Waals surface area contributed by atoms with Crippen LogP contribution in [0.1, 0.15) is 16.8 Å². The van der Waals surface area contributed by atoms with Gasteiger partial charge in [0.15, 0.2) is 0 Å². The van der Waals surface area contributed by atoms with E-state index < -0.39 is 0 Å². The van der Waals surface area contributed by atoms with Crippen LogP contribution in [-0.2, 0) is 12.3 Å². The minimum atomic E-state index is 0.909. The number of thiazole rings is 1. The first-order chi connectivity index (χ1) is 8.85. The van der Waals surface area contributed by atoms with Gasteiger partial charge in [0.25, 0.3) is 0 Å². The van der Waals surface area contributed by atoms with Crippen molar-refractivity contribution < 1.29 is 0 Å². The van der Waals surface area contributed by atoms with Crippen molar-refractivity contribution in [2.45, 2.75) is 19.2 Å². The maximum absolute atomic E-state index is 4.78. The van der Waals surface area contributed by atoms with E-state index in [2.05, 4.69) is 42.8 Å². The van der Waals surface area contributed by atoms with E-state index in [1.54, 1.807) is 0 Å². The van der Waals surface area contributed by atoms with E-state index in [-0.39, 0.29) is 0 Å². The molecular weight excluding hydrogens is 260 g/mol. The second-order valence-corrected chi connectivity index (χ2v) is 5.99. The molecule has 2 aromatic rings. The third-order valence-corrected chi connectivity index (χ3v) is 4.39. The van der Waals surface area contributed by atoms with Crippen molar-refractivity contribution in [1.82, 2.24) is 10.3 Å². The third kappa shape index (κ3) is 3.34. The fourth-order valence-electron chi connectivity index (χ4n) is 1.77. The predicted octanol–water partition coefficient (Wildman–Crippen LogP) is 3.78. The van der Waals surface area contributed by atoms with E-state index in [0.29, 0.717) is 0 Å².